The minimum atomic E-state index is -1.58. The molecule has 0 aliphatic rings. The quantitative estimate of drug-likeness (QED) is 0.822. The molecular weight excluding hydrogens is 272 g/mol. The third-order valence-electron chi connectivity index (χ3n) is 2.67. The van der Waals surface area contributed by atoms with Crippen molar-refractivity contribution in [3.05, 3.63) is 35.4 Å². The van der Waals surface area contributed by atoms with Crippen LogP contribution < -0.4 is 5.32 Å². The summed E-state index contributed by atoms with van der Waals surface area (Å²) in [4.78, 5) is 22.9. The van der Waals surface area contributed by atoms with E-state index in [4.69, 9.17) is 9.84 Å². The van der Waals surface area contributed by atoms with Crippen LogP contribution in [-0.2, 0) is 20.7 Å². The first kappa shape index (κ1) is 16.0. The molecule has 0 radical (unpaired) electrons. The molecule has 0 saturated carbocycles. The number of carboxylic acids is 1. The molecule has 0 aromatic heterocycles. The van der Waals surface area contributed by atoms with E-state index in [1.54, 1.807) is 0 Å². The molecular formula is C13H15F2NO4. The number of methoxy groups -OCH3 is 1. The van der Waals surface area contributed by atoms with Crippen molar-refractivity contribution in [2.45, 2.75) is 18.9 Å². The first-order valence-corrected chi connectivity index (χ1v) is 5.76. The molecule has 1 atom stereocenters. The van der Waals surface area contributed by atoms with Gasteiger partial charge in [0.2, 0.25) is 5.91 Å². The molecule has 1 amide bonds. The van der Waals surface area contributed by atoms with E-state index in [0.29, 0.717) is 0 Å². The first-order valence-electron chi connectivity index (χ1n) is 5.76. The Morgan fingerprint density at radius 3 is 2.50 bits per heavy atom. The van der Waals surface area contributed by atoms with Crippen LogP contribution in [0.2, 0.25) is 0 Å². The maximum absolute atomic E-state index is 13.0. The smallest absolute Gasteiger partial charge is 0.331 e. The number of carboxylic acid groups (broad SMARTS) is 1. The topological polar surface area (TPSA) is 75.6 Å². The van der Waals surface area contributed by atoms with E-state index >= 15 is 0 Å². The van der Waals surface area contributed by atoms with E-state index in [1.165, 1.54) is 20.1 Å². The van der Waals surface area contributed by atoms with E-state index in [-0.39, 0.29) is 18.6 Å². The van der Waals surface area contributed by atoms with E-state index in [0.717, 1.165) is 12.1 Å². The minimum absolute atomic E-state index is 0.216. The fourth-order valence-electron chi connectivity index (χ4n) is 1.63. The fourth-order valence-corrected chi connectivity index (χ4v) is 1.63. The van der Waals surface area contributed by atoms with E-state index in [1.807, 2.05) is 0 Å². The maximum Gasteiger partial charge on any atom is 0.331 e. The molecule has 0 heterocycles. The molecule has 1 rings (SSSR count). The Kier molecular flexibility index (Phi) is 5.15. The van der Waals surface area contributed by atoms with Crippen LogP contribution in [-0.4, -0.2) is 36.2 Å². The van der Waals surface area contributed by atoms with Gasteiger partial charge in [0.25, 0.3) is 0 Å². The lowest BCUT2D eigenvalue weighted by molar-refractivity contribution is -0.149. The molecule has 7 heteroatoms. The summed E-state index contributed by atoms with van der Waals surface area (Å²) in [6, 6.07) is 3.05. The van der Waals surface area contributed by atoms with Crippen molar-refractivity contribution in [1.29, 1.82) is 0 Å². The van der Waals surface area contributed by atoms with Gasteiger partial charge in [-0.3, -0.25) is 4.79 Å². The Labute approximate surface area is 114 Å². The predicted octanol–water partition coefficient (Wildman–Crippen LogP) is 1.11. The Morgan fingerprint density at radius 1 is 1.35 bits per heavy atom. The fraction of sp³-hybridized carbons (Fsp3) is 0.385. The highest BCUT2D eigenvalue weighted by molar-refractivity contribution is 5.87. The molecule has 0 fully saturated rings. The number of hydrogen-bond donors (Lipinski definition) is 2. The highest BCUT2D eigenvalue weighted by Crippen LogP contribution is 2.10. The van der Waals surface area contributed by atoms with E-state index < -0.39 is 29.0 Å². The Balaban J connectivity index is 2.75. The van der Waals surface area contributed by atoms with Gasteiger partial charge in [0.1, 0.15) is 0 Å². The molecule has 1 aromatic carbocycles. The third kappa shape index (κ3) is 3.99. The average Bonchev–Trinajstić information content (AvgIpc) is 2.33. The lowest BCUT2D eigenvalue weighted by Crippen LogP contribution is -2.55. The number of amides is 1. The van der Waals surface area contributed by atoms with Gasteiger partial charge in [-0.05, 0) is 24.6 Å². The largest absolute Gasteiger partial charge is 0.479 e. The van der Waals surface area contributed by atoms with Gasteiger partial charge in [-0.25, -0.2) is 13.6 Å². The number of halogens is 2. The number of benzene rings is 1. The molecule has 0 bridgehead atoms. The molecule has 1 unspecified atom stereocenters. The number of aliphatic carboxylic acids is 1. The zero-order chi connectivity index (χ0) is 15.3. The normalized spacial score (nSPS) is 13.6. The molecule has 110 valence electrons. The molecule has 0 aliphatic carbocycles. The van der Waals surface area contributed by atoms with Gasteiger partial charge in [0.15, 0.2) is 17.2 Å². The Bertz CT molecular complexity index is 521. The summed E-state index contributed by atoms with van der Waals surface area (Å²) in [5, 5.41) is 11.4. The molecule has 5 nitrogen and oxygen atoms in total. The number of carbonyl (C=O) groups excluding carboxylic acids is 1. The summed E-state index contributed by atoms with van der Waals surface area (Å²) in [5.41, 5.74) is -1.34. The summed E-state index contributed by atoms with van der Waals surface area (Å²) in [5.74, 6) is -3.95. The summed E-state index contributed by atoms with van der Waals surface area (Å²) in [6.45, 7) is 1.08. The summed E-state index contributed by atoms with van der Waals surface area (Å²) in [7, 11) is 1.31. The number of rotatable bonds is 6. The van der Waals surface area contributed by atoms with Crippen LogP contribution >= 0.6 is 0 Å². The molecule has 0 saturated heterocycles. The van der Waals surface area contributed by atoms with E-state index in [2.05, 4.69) is 5.32 Å². The average molecular weight is 287 g/mol. The van der Waals surface area contributed by atoms with Gasteiger partial charge in [-0.2, -0.15) is 0 Å². The van der Waals surface area contributed by atoms with Gasteiger partial charge in [0, 0.05) is 7.11 Å². The standard InChI is InChI=1S/C13H15F2NO4/c1-13(7-20-2,12(18)19)16-11(17)6-8-3-4-9(14)10(15)5-8/h3-5H,6-7H2,1-2H3,(H,16,17)(H,18,19). The number of nitrogens with one attached hydrogen (secondary N) is 1. The molecule has 2 N–H and O–H groups in total. The first-order chi connectivity index (χ1) is 9.28. The Hall–Kier alpha value is -2.02. The van der Waals surface area contributed by atoms with Crippen molar-refractivity contribution < 1.29 is 28.2 Å². The second kappa shape index (κ2) is 6.42. The van der Waals surface area contributed by atoms with Crippen molar-refractivity contribution >= 4 is 11.9 Å². The monoisotopic (exact) mass is 287 g/mol. The van der Waals surface area contributed by atoms with Crippen LogP contribution in [0.1, 0.15) is 12.5 Å². The minimum Gasteiger partial charge on any atom is -0.479 e. The predicted molar refractivity (Wildman–Crippen MR) is 66.1 cm³/mol. The van der Waals surface area contributed by atoms with Gasteiger partial charge in [-0.1, -0.05) is 6.07 Å². The van der Waals surface area contributed by atoms with Crippen molar-refractivity contribution in [1.82, 2.24) is 5.32 Å². The van der Waals surface area contributed by atoms with Crippen LogP contribution in [0.15, 0.2) is 18.2 Å². The van der Waals surface area contributed by atoms with Crippen molar-refractivity contribution in [3.63, 3.8) is 0 Å². The number of carbonyl (C=O) groups is 2. The molecule has 0 aliphatic heterocycles. The molecule has 0 spiro atoms. The van der Waals surface area contributed by atoms with Crippen LogP contribution in [0.4, 0.5) is 8.78 Å². The lowest BCUT2D eigenvalue weighted by Gasteiger charge is -2.25. The molecule has 20 heavy (non-hydrogen) atoms. The summed E-state index contributed by atoms with van der Waals surface area (Å²) < 4.78 is 30.5. The summed E-state index contributed by atoms with van der Waals surface area (Å²) in [6.07, 6.45) is -0.260. The van der Waals surface area contributed by atoms with Crippen LogP contribution in [0.5, 0.6) is 0 Å². The Morgan fingerprint density at radius 2 is 2.00 bits per heavy atom. The van der Waals surface area contributed by atoms with Crippen molar-refractivity contribution in [2.75, 3.05) is 13.7 Å². The van der Waals surface area contributed by atoms with Gasteiger partial charge in [0.05, 0.1) is 13.0 Å². The van der Waals surface area contributed by atoms with Gasteiger partial charge >= 0.3 is 5.97 Å². The van der Waals surface area contributed by atoms with Crippen molar-refractivity contribution in [2.24, 2.45) is 0 Å². The summed E-state index contributed by atoms with van der Waals surface area (Å²) >= 11 is 0. The highest BCUT2D eigenvalue weighted by atomic mass is 19.2. The number of ether oxygens (including phenoxy) is 1. The third-order valence-corrected chi connectivity index (χ3v) is 2.67. The molecule has 1 aromatic rings. The van der Waals surface area contributed by atoms with Crippen LogP contribution in [0.25, 0.3) is 0 Å². The SMILES string of the molecule is COCC(C)(NC(=O)Cc1ccc(F)c(F)c1)C(=O)O. The van der Waals surface area contributed by atoms with Gasteiger partial charge in [-0.15, -0.1) is 0 Å². The van der Waals surface area contributed by atoms with E-state index in [9.17, 15) is 18.4 Å². The number of hydrogen-bond acceptors (Lipinski definition) is 3. The second-order valence-electron chi connectivity index (χ2n) is 4.54. The highest BCUT2D eigenvalue weighted by Gasteiger charge is 2.34. The van der Waals surface area contributed by atoms with Crippen LogP contribution in [0, 0.1) is 11.6 Å². The lowest BCUT2D eigenvalue weighted by atomic mass is 10.0. The second-order valence-corrected chi connectivity index (χ2v) is 4.54. The zero-order valence-electron chi connectivity index (χ0n) is 11.1. The maximum atomic E-state index is 13.0. The zero-order valence-corrected chi connectivity index (χ0v) is 11.1. The van der Waals surface area contributed by atoms with Crippen molar-refractivity contribution in [3.8, 4) is 0 Å². The van der Waals surface area contributed by atoms with Gasteiger partial charge < -0.3 is 15.2 Å². The van der Waals surface area contributed by atoms with Crippen LogP contribution in [0.3, 0.4) is 0 Å².